The Kier molecular flexibility index (Phi) is 8.93. The second kappa shape index (κ2) is 14.1. The highest BCUT2D eigenvalue weighted by Gasteiger charge is 2.24. The Morgan fingerprint density at radius 3 is 2.13 bits per heavy atom. The minimum Gasteiger partial charge on any atom is -0.477 e. The van der Waals surface area contributed by atoms with Crippen LogP contribution in [0.3, 0.4) is 0 Å². The molecule has 0 aliphatic carbocycles. The van der Waals surface area contributed by atoms with Crippen molar-refractivity contribution in [2.75, 3.05) is 11.4 Å². The highest BCUT2D eigenvalue weighted by Crippen LogP contribution is 2.47. The van der Waals surface area contributed by atoms with Crippen LogP contribution < -0.4 is 4.90 Å². The summed E-state index contributed by atoms with van der Waals surface area (Å²) >= 11 is 3.68. The highest BCUT2D eigenvalue weighted by molar-refractivity contribution is 7.36. The molecule has 1 unspecified atom stereocenters. The van der Waals surface area contributed by atoms with Gasteiger partial charge >= 0.3 is 5.97 Å². The van der Waals surface area contributed by atoms with Crippen LogP contribution >= 0.6 is 22.7 Å². The molecule has 54 heavy (non-hydrogen) atoms. The van der Waals surface area contributed by atoms with Gasteiger partial charge in [0, 0.05) is 38.1 Å². The van der Waals surface area contributed by atoms with Crippen molar-refractivity contribution < 1.29 is 9.90 Å². The number of hydrogen-bond acceptors (Lipinski definition) is 5. The molecule has 9 rings (SSSR count). The van der Waals surface area contributed by atoms with Crippen molar-refractivity contribution >= 4 is 97.2 Å². The second-order valence-electron chi connectivity index (χ2n) is 14.7. The van der Waals surface area contributed by atoms with Gasteiger partial charge in [0.05, 0.1) is 9.40 Å². The van der Waals surface area contributed by atoms with Crippen LogP contribution in [0.25, 0.3) is 68.3 Å². The number of nitriles is 1. The van der Waals surface area contributed by atoms with Crippen molar-refractivity contribution in [1.29, 1.82) is 5.26 Å². The molecular formula is C48H40N2O2S2. The van der Waals surface area contributed by atoms with Crippen LogP contribution in [0.5, 0.6) is 0 Å². The van der Waals surface area contributed by atoms with Crippen LogP contribution in [-0.4, -0.2) is 17.6 Å². The molecule has 3 heterocycles. The van der Waals surface area contributed by atoms with Crippen LogP contribution in [0.2, 0.25) is 0 Å². The van der Waals surface area contributed by atoms with Crippen molar-refractivity contribution in [3.05, 3.63) is 125 Å². The Hall–Kier alpha value is -5.48. The Balaban J connectivity index is 1.09. The minimum absolute atomic E-state index is 0.272. The molecule has 1 atom stereocenters. The molecule has 2 aromatic heterocycles. The number of nitrogens with zero attached hydrogens (tertiary/aromatic N) is 2. The maximum absolute atomic E-state index is 11.4. The molecule has 8 aromatic rings. The molecule has 0 saturated heterocycles. The number of carboxylic acids is 1. The molecule has 0 saturated carbocycles. The summed E-state index contributed by atoms with van der Waals surface area (Å²) in [6.07, 6.45) is 8.52. The zero-order valence-electron chi connectivity index (χ0n) is 30.5. The first-order valence-electron chi connectivity index (χ1n) is 19.0. The van der Waals surface area contributed by atoms with Crippen LogP contribution in [0.1, 0.15) is 56.2 Å². The monoisotopic (exact) mass is 740 g/mol. The molecular weight excluding hydrogens is 701 g/mol. The fourth-order valence-corrected chi connectivity index (χ4v) is 11.0. The number of benzene rings is 6. The number of rotatable bonds is 9. The number of thiophene rings is 2. The molecule has 0 fully saturated rings. The van der Waals surface area contributed by atoms with Gasteiger partial charge in [-0.05, 0) is 135 Å². The number of aliphatic carboxylic acids is 1. The first-order chi connectivity index (χ1) is 26.4. The average molecular weight is 741 g/mol. The molecule has 6 heteroatoms. The smallest absolute Gasteiger partial charge is 0.346 e. The van der Waals surface area contributed by atoms with E-state index in [9.17, 15) is 15.2 Å². The van der Waals surface area contributed by atoms with Gasteiger partial charge < -0.3 is 10.0 Å². The van der Waals surface area contributed by atoms with Crippen molar-refractivity contribution in [2.45, 2.75) is 52.4 Å². The fraction of sp³-hybridized carbons (Fsp3) is 0.208. The Bertz CT molecular complexity index is 2850. The van der Waals surface area contributed by atoms with E-state index in [0.29, 0.717) is 11.5 Å². The standard InChI is InChI=1S/C48H40N2O2S2/c1-3-5-8-29(4-2)28-50-42-10-7-6-9-31(42)13-16-36-21-33(17-18-43(36)50)32-14-15-35-26-45-41(24-38(35)22-32)47-46(54-45)40-23-37-19-30(20-39(27-49)48(51)52)11-12-34(37)25-44(40)53-47/h6-7,9-12,14-15,17-26,29H,3-5,8,13,16,28H2,1-2H3,(H,51,52). The average Bonchev–Trinajstić information content (AvgIpc) is 3.66. The molecule has 0 bridgehead atoms. The lowest BCUT2D eigenvalue weighted by Gasteiger charge is -2.31. The van der Waals surface area contributed by atoms with Gasteiger partial charge in [-0.1, -0.05) is 81.6 Å². The van der Waals surface area contributed by atoms with E-state index < -0.39 is 5.97 Å². The molecule has 0 spiro atoms. The van der Waals surface area contributed by atoms with Gasteiger partial charge in [-0.3, -0.25) is 0 Å². The maximum atomic E-state index is 11.4. The quantitative estimate of drug-likeness (QED) is 0.118. The summed E-state index contributed by atoms with van der Waals surface area (Å²) in [6.45, 7) is 5.70. The zero-order valence-corrected chi connectivity index (χ0v) is 32.1. The van der Waals surface area contributed by atoms with Gasteiger partial charge in [-0.15, -0.1) is 22.7 Å². The van der Waals surface area contributed by atoms with E-state index in [1.807, 2.05) is 40.9 Å². The summed E-state index contributed by atoms with van der Waals surface area (Å²) in [4.78, 5) is 14.1. The zero-order chi connectivity index (χ0) is 36.9. The number of unbranched alkanes of at least 4 members (excludes halogenated alkanes) is 1. The van der Waals surface area contributed by atoms with Crippen molar-refractivity contribution in [2.24, 2.45) is 5.92 Å². The molecule has 1 aliphatic heterocycles. The van der Waals surface area contributed by atoms with E-state index in [2.05, 4.69) is 104 Å². The minimum atomic E-state index is -1.22. The molecule has 1 N–H and O–H groups in total. The Morgan fingerprint density at radius 1 is 0.778 bits per heavy atom. The molecule has 266 valence electrons. The molecule has 0 radical (unpaired) electrons. The number of carboxylic acid groups (broad SMARTS) is 1. The van der Waals surface area contributed by atoms with Gasteiger partial charge in [0.15, 0.2) is 0 Å². The molecule has 4 nitrogen and oxygen atoms in total. The molecule has 0 amide bonds. The highest BCUT2D eigenvalue weighted by atomic mass is 32.1. The van der Waals surface area contributed by atoms with Crippen LogP contribution in [-0.2, 0) is 17.6 Å². The van der Waals surface area contributed by atoms with Crippen molar-refractivity contribution in [1.82, 2.24) is 0 Å². The second-order valence-corrected chi connectivity index (χ2v) is 16.8. The number of carbonyl (C=O) groups is 1. The fourth-order valence-electron chi connectivity index (χ4n) is 8.33. The normalized spacial score (nSPS) is 13.7. The number of aryl methyl sites for hydroxylation is 2. The predicted molar refractivity (Wildman–Crippen MR) is 231 cm³/mol. The number of hydrogen-bond donors (Lipinski definition) is 1. The molecule has 1 aliphatic rings. The van der Waals surface area contributed by atoms with E-state index >= 15 is 0 Å². The van der Waals surface area contributed by atoms with E-state index in [-0.39, 0.29) is 5.57 Å². The summed E-state index contributed by atoms with van der Waals surface area (Å²) in [5.74, 6) is -0.546. The van der Waals surface area contributed by atoms with Gasteiger partial charge in [0.25, 0.3) is 0 Å². The van der Waals surface area contributed by atoms with Gasteiger partial charge in [-0.25, -0.2) is 4.79 Å². The maximum Gasteiger partial charge on any atom is 0.346 e. The van der Waals surface area contributed by atoms with Crippen LogP contribution in [0.4, 0.5) is 11.4 Å². The summed E-state index contributed by atoms with van der Waals surface area (Å²) in [6, 6.07) is 39.9. The van der Waals surface area contributed by atoms with E-state index in [1.54, 1.807) is 6.07 Å². The SMILES string of the molecule is CCCCC(CC)CN1c2ccccc2CCc2cc(-c3ccc4cc5sc6c7cc8cc(C=C(C#N)C(=O)O)ccc8cc7sc6c5cc4c3)ccc21. The molecule has 6 aromatic carbocycles. The Labute approximate surface area is 323 Å². The summed E-state index contributed by atoms with van der Waals surface area (Å²) in [5.41, 5.74) is 8.55. The number of para-hydroxylation sites is 1. The largest absolute Gasteiger partial charge is 0.477 e. The van der Waals surface area contributed by atoms with Gasteiger partial charge in [0.2, 0.25) is 0 Å². The first-order valence-corrected chi connectivity index (χ1v) is 20.6. The predicted octanol–water partition coefficient (Wildman–Crippen LogP) is 13.7. The summed E-state index contributed by atoms with van der Waals surface area (Å²) < 4.78 is 5.11. The lowest BCUT2D eigenvalue weighted by atomic mass is 9.95. The van der Waals surface area contributed by atoms with Gasteiger partial charge in [-0.2, -0.15) is 5.26 Å². The first kappa shape index (κ1) is 34.3. The topological polar surface area (TPSA) is 64.3 Å². The van der Waals surface area contributed by atoms with Crippen molar-refractivity contribution in [3.8, 4) is 17.2 Å². The summed E-state index contributed by atoms with van der Waals surface area (Å²) in [7, 11) is 0. The van der Waals surface area contributed by atoms with E-state index in [1.165, 1.54) is 106 Å². The third-order valence-corrected chi connectivity index (χ3v) is 13.8. The lowest BCUT2D eigenvalue weighted by molar-refractivity contribution is -0.132. The van der Waals surface area contributed by atoms with Crippen LogP contribution in [0.15, 0.2) is 109 Å². The van der Waals surface area contributed by atoms with Crippen LogP contribution in [0, 0.1) is 17.2 Å². The van der Waals surface area contributed by atoms with E-state index in [0.717, 1.165) is 30.2 Å². The number of anilines is 2. The van der Waals surface area contributed by atoms with E-state index in [4.69, 9.17) is 0 Å². The number of fused-ring (bicyclic) bond motifs is 9. The Morgan fingerprint density at radius 2 is 1.43 bits per heavy atom. The third kappa shape index (κ3) is 6.12. The summed E-state index contributed by atoms with van der Waals surface area (Å²) in [5, 5.41) is 25.7. The van der Waals surface area contributed by atoms with Gasteiger partial charge in [0.1, 0.15) is 11.6 Å². The third-order valence-electron chi connectivity index (χ3n) is 11.3. The lowest BCUT2D eigenvalue weighted by Crippen LogP contribution is -2.26. The van der Waals surface area contributed by atoms with Crippen molar-refractivity contribution in [3.63, 3.8) is 0 Å².